The number of nitrogens with zero attached hydrogens (tertiary/aromatic N) is 2. The van der Waals surface area contributed by atoms with Crippen LogP contribution < -0.4 is 9.80 Å². The Balaban J connectivity index is 2.13. The lowest BCUT2D eigenvalue weighted by Crippen LogP contribution is -2.40. The molecule has 1 aliphatic heterocycles. The molecule has 25 heavy (non-hydrogen) atoms. The maximum Gasteiger partial charge on any atom is 0.142 e. The molecule has 0 bridgehead atoms. The fourth-order valence-electron chi connectivity index (χ4n) is 3.47. The van der Waals surface area contributed by atoms with Gasteiger partial charge in [-0.2, -0.15) is 0 Å². The highest BCUT2D eigenvalue weighted by Crippen LogP contribution is 2.43. The molecule has 133 valence electrons. The third-order valence-corrected chi connectivity index (χ3v) is 4.29. The molecule has 0 fully saturated rings. The number of hydrogen-bond acceptors (Lipinski definition) is 2. The molecule has 1 radical (unpaired) electrons. The minimum Gasteiger partial charge on any atom is -0.347 e. The third kappa shape index (κ3) is 4.18. The molecule has 0 aromatic heterocycles. The molecular weight excluding hydrogens is 304 g/mol. The summed E-state index contributed by atoms with van der Waals surface area (Å²) < 4.78 is 0. The molecule has 0 saturated carbocycles. The first-order valence-corrected chi connectivity index (χ1v) is 9.21. The van der Waals surface area contributed by atoms with Gasteiger partial charge in [-0.05, 0) is 23.0 Å². The summed E-state index contributed by atoms with van der Waals surface area (Å²) in [6.45, 7) is 18.1. The third-order valence-electron chi connectivity index (χ3n) is 4.29. The molecule has 2 aromatic carbocycles. The quantitative estimate of drug-likeness (QED) is 0.645. The molecule has 0 unspecified atom stereocenters. The fraction of sp³-hybridized carbons (Fsp3) is 0.435. The second-order valence-corrected chi connectivity index (χ2v) is 9.53. The van der Waals surface area contributed by atoms with Gasteiger partial charge in [-0.3, -0.25) is 0 Å². The van der Waals surface area contributed by atoms with Crippen LogP contribution in [0, 0.1) is 17.5 Å². The summed E-state index contributed by atoms with van der Waals surface area (Å²) in [5, 5.41) is 0. The van der Waals surface area contributed by atoms with E-state index in [0.717, 1.165) is 13.1 Å². The van der Waals surface area contributed by atoms with Crippen LogP contribution in [0.25, 0.3) is 11.1 Å². The minimum absolute atomic E-state index is 0.216. The fourth-order valence-corrected chi connectivity index (χ4v) is 3.47. The average Bonchev–Trinajstić information content (AvgIpc) is 2.62. The Morgan fingerprint density at radius 1 is 0.600 bits per heavy atom. The van der Waals surface area contributed by atoms with Crippen LogP contribution in [0.5, 0.6) is 0 Å². The Kier molecular flexibility index (Phi) is 4.57. The van der Waals surface area contributed by atoms with Gasteiger partial charge in [-0.1, -0.05) is 77.9 Å². The van der Waals surface area contributed by atoms with Crippen molar-refractivity contribution in [1.29, 1.82) is 0 Å². The minimum atomic E-state index is 0.216. The van der Waals surface area contributed by atoms with Crippen LogP contribution in [-0.2, 0) is 0 Å². The van der Waals surface area contributed by atoms with Crippen LogP contribution in [0.1, 0.15) is 41.5 Å². The van der Waals surface area contributed by atoms with Gasteiger partial charge >= 0.3 is 0 Å². The van der Waals surface area contributed by atoms with Crippen LogP contribution in [0.2, 0.25) is 0 Å². The first kappa shape index (κ1) is 17.8. The molecule has 0 spiro atoms. The van der Waals surface area contributed by atoms with Gasteiger partial charge in [0.15, 0.2) is 0 Å². The molecular formula is C23H31N2. The van der Waals surface area contributed by atoms with Crippen molar-refractivity contribution in [2.24, 2.45) is 10.8 Å². The zero-order chi connectivity index (χ0) is 18.2. The number of benzene rings is 2. The molecule has 3 rings (SSSR count). The standard InChI is InChI=1S/C23H31N2/c1-22(2,3)15-24-17-25(16-23(4,5)6)21-14-10-8-12-19(21)18-11-7-9-13-20(18)24/h7-14,17H,15-16H2,1-6H3. The number of rotatable bonds is 2. The predicted molar refractivity (Wildman–Crippen MR) is 110 cm³/mol. The molecule has 0 saturated heterocycles. The van der Waals surface area contributed by atoms with Gasteiger partial charge in [0, 0.05) is 35.6 Å². The van der Waals surface area contributed by atoms with Crippen LogP contribution >= 0.6 is 0 Å². The zero-order valence-electron chi connectivity index (χ0n) is 16.5. The van der Waals surface area contributed by atoms with E-state index in [1.807, 2.05) is 0 Å². The molecule has 2 heteroatoms. The topological polar surface area (TPSA) is 6.48 Å². The van der Waals surface area contributed by atoms with E-state index in [0.29, 0.717) is 0 Å². The van der Waals surface area contributed by atoms with E-state index in [9.17, 15) is 0 Å². The van der Waals surface area contributed by atoms with E-state index in [2.05, 4.69) is 107 Å². The SMILES string of the molecule is CC(C)(C)CN1[CH]N(CC(C)(C)C)c2ccccc2-c2ccccc21. The van der Waals surface area contributed by atoms with E-state index in [1.54, 1.807) is 0 Å². The lowest BCUT2D eigenvalue weighted by atomic mass is 9.95. The Morgan fingerprint density at radius 3 is 1.32 bits per heavy atom. The van der Waals surface area contributed by atoms with E-state index in [4.69, 9.17) is 0 Å². The van der Waals surface area contributed by atoms with Gasteiger partial charge in [0.1, 0.15) is 6.67 Å². The molecule has 0 N–H and O–H groups in total. The normalized spacial score (nSPS) is 14.8. The molecule has 2 nitrogen and oxygen atoms in total. The number of fused-ring (bicyclic) bond motifs is 3. The second-order valence-electron chi connectivity index (χ2n) is 9.53. The number of anilines is 2. The Bertz CT molecular complexity index is 671. The van der Waals surface area contributed by atoms with E-state index in [-0.39, 0.29) is 10.8 Å². The van der Waals surface area contributed by atoms with Crippen LogP contribution in [-0.4, -0.2) is 13.1 Å². The van der Waals surface area contributed by atoms with Crippen molar-refractivity contribution >= 4 is 11.4 Å². The van der Waals surface area contributed by atoms with Crippen molar-refractivity contribution in [3.8, 4) is 11.1 Å². The molecule has 0 aliphatic carbocycles. The van der Waals surface area contributed by atoms with E-state index >= 15 is 0 Å². The molecule has 1 aliphatic rings. The Morgan fingerprint density at radius 2 is 0.960 bits per heavy atom. The zero-order valence-corrected chi connectivity index (χ0v) is 16.5. The Hall–Kier alpha value is -1.96. The van der Waals surface area contributed by atoms with Gasteiger partial charge in [0.2, 0.25) is 0 Å². The smallest absolute Gasteiger partial charge is 0.142 e. The van der Waals surface area contributed by atoms with Crippen molar-refractivity contribution < 1.29 is 0 Å². The highest BCUT2D eigenvalue weighted by molar-refractivity contribution is 5.89. The van der Waals surface area contributed by atoms with Crippen molar-refractivity contribution in [1.82, 2.24) is 0 Å². The highest BCUT2D eigenvalue weighted by Gasteiger charge is 2.29. The number of hydrogen-bond donors (Lipinski definition) is 0. The maximum absolute atomic E-state index is 2.43. The average molecular weight is 336 g/mol. The summed E-state index contributed by atoms with van der Waals surface area (Å²) >= 11 is 0. The summed E-state index contributed by atoms with van der Waals surface area (Å²) in [6, 6.07) is 17.6. The summed E-state index contributed by atoms with van der Waals surface area (Å²) in [4.78, 5) is 4.86. The molecule has 1 heterocycles. The summed E-state index contributed by atoms with van der Waals surface area (Å²) in [5.41, 5.74) is 5.65. The van der Waals surface area contributed by atoms with Gasteiger partial charge in [-0.25, -0.2) is 0 Å². The largest absolute Gasteiger partial charge is 0.347 e. The lowest BCUT2D eigenvalue weighted by molar-refractivity contribution is 0.401. The number of para-hydroxylation sites is 2. The van der Waals surface area contributed by atoms with Gasteiger partial charge in [-0.15, -0.1) is 0 Å². The van der Waals surface area contributed by atoms with Crippen LogP contribution in [0.15, 0.2) is 48.5 Å². The van der Waals surface area contributed by atoms with Crippen molar-refractivity contribution in [3.63, 3.8) is 0 Å². The van der Waals surface area contributed by atoms with Gasteiger partial charge in [0.05, 0.1) is 0 Å². The first-order chi connectivity index (χ1) is 11.6. The lowest BCUT2D eigenvalue weighted by Gasteiger charge is -2.37. The van der Waals surface area contributed by atoms with Crippen LogP contribution in [0.3, 0.4) is 0 Å². The second kappa shape index (κ2) is 6.40. The Labute approximate surface area is 153 Å². The first-order valence-electron chi connectivity index (χ1n) is 9.21. The molecule has 0 amide bonds. The van der Waals surface area contributed by atoms with Crippen molar-refractivity contribution in [2.45, 2.75) is 41.5 Å². The van der Waals surface area contributed by atoms with Gasteiger partial charge in [0.25, 0.3) is 0 Å². The highest BCUT2D eigenvalue weighted by atomic mass is 15.3. The monoisotopic (exact) mass is 335 g/mol. The molecule has 0 atom stereocenters. The van der Waals surface area contributed by atoms with Crippen LogP contribution in [0.4, 0.5) is 11.4 Å². The van der Waals surface area contributed by atoms with Crippen molar-refractivity contribution in [2.75, 3.05) is 22.9 Å². The summed E-state index contributed by atoms with van der Waals surface area (Å²) in [7, 11) is 0. The summed E-state index contributed by atoms with van der Waals surface area (Å²) in [6.07, 6.45) is 0. The maximum atomic E-state index is 2.43. The van der Waals surface area contributed by atoms with E-state index < -0.39 is 0 Å². The predicted octanol–water partition coefficient (Wildman–Crippen LogP) is 6.19. The van der Waals surface area contributed by atoms with Gasteiger partial charge < -0.3 is 9.80 Å². The van der Waals surface area contributed by atoms with E-state index in [1.165, 1.54) is 22.5 Å². The summed E-state index contributed by atoms with van der Waals surface area (Å²) in [5.74, 6) is 0. The molecule has 2 aromatic rings. The van der Waals surface area contributed by atoms with Crippen molar-refractivity contribution in [3.05, 3.63) is 55.2 Å².